The molecule has 0 aromatic carbocycles. The first-order chi connectivity index (χ1) is 4.86. The van der Waals surface area contributed by atoms with Crippen LogP contribution < -0.4 is 5.73 Å². The molecule has 0 unspecified atom stereocenters. The van der Waals surface area contributed by atoms with Crippen molar-refractivity contribution >= 4 is 11.3 Å². The third kappa shape index (κ3) is 0.621. The number of hydrogen-bond acceptors (Lipinski definition) is 3. The smallest absolute Gasteiger partial charge is 0.161 e. The fraction of sp³-hybridized carbons (Fsp3) is 0. The monoisotopic (exact) mass is 134 g/mol. The third-order valence-electron chi connectivity index (χ3n) is 1.30. The number of fused-ring (bicyclic) bond motifs is 1. The topological polar surface area (TPSA) is 56.2 Å². The van der Waals surface area contributed by atoms with Gasteiger partial charge in [-0.3, -0.25) is 0 Å². The van der Waals surface area contributed by atoms with Gasteiger partial charge in [0, 0.05) is 18.5 Å². The standard InChI is InChI=1S/C6H6N4/c7-5-3-6-9-8-1-2-10(6)4-5/h1-4H,7H2. The van der Waals surface area contributed by atoms with Gasteiger partial charge in [0.25, 0.3) is 0 Å². The third-order valence-corrected chi connectivity index (χ3v) is 1.30. The summed E-state index contributed by atoms with van der Waals surface area (Å²) in [4.78, 5) is 0. The van der Waals surface area contributed by atoms with Gasteiger partial charge in [0.05, 0.1) is 11.9 Å². The van der Waals surface area contributed by atoms with E-state index < -0.39 is 0 Å². The molecule has 0 saturated heterocycles. The summed E-state index contributed by atoms with van der Waals surface area (Å²) in [6, 6.07) is 1.77. The SMILES string of the molecule is Nc1cc2nnccn2c1. The van der Waals surface area contributed by atoms with Gasteiger partial charge in [-0.2, -0.15) is 5.10 Å². The summed E-state index contributed by atoms with van der Waals surface area (Å²) in [5.41, 5.74) is 6.99. The molecule has 0 aliphatic heterocycles. The maximum atomic E-state index is 5.50. The first kappa shape index (κ1) is 5.22. The van der Waals surface area contributed by atoms with Crippen molar-refractivity contribution in [3.63, 3.8) is 0 Å². The Morgan fingerprint density at radius 2 is 2.40 bits per heavy atom. The Kier molecular flexibility index (Phi) is 0.887. The molecule has 0 aliphatic rings. The highest BCUT2D eigenvalue weighted by Gasteiger charge is 1.93. The van der Waals surface area contributed by atoms with Crippen molar-refractivity contribution in [3.8, 4) is 0 Å². The molecule has 50 valence electrons. The van der Waals surface area contributed by atoms with Crippen LogP contribution in [-0.4, -0.2) is 14.6 Å². The molecular weight excluding hydrogens is 128 g/mol. The van der Waals surface area contributed by atoms with E-state index in [1.54, 1.807) is 24.7 Å². The van der Waals surface area contributed by atoms with Gasteiger partial charge < -0.3 is 10.1 Å². The van der Waals surface area contributed by atoms with Gasteiger partial charge >= 0.3 is 0 Å². The Balaban J connectivity index is 2.88. The van der Waals surface area contributed by atoms with E-state index >= 15 is 0 Å². The number of nitrogen functional groups attached to an aromatic ring is 1. The quantitative estimate of drug-likeness (QED) is 0.564. The average molecular weight is 134 g/mol. The second-order valence-corrected chi connectivity index (χ2v) is 2.05. The van der Waals surface area contributed by atoms with Gasteiger partial charge in [-0.25, -0.2) is 0 Å². The van der Waals surface area contributed by atoms with E-state index in [4.69, 9.17) is 5.73 Å². The van der Waals surface area contributed by atoms with Crippen molar-refractivity contribution in [2.45, 2.75) is 0 Å². The number of aromatic nitrogens is 3. The van der Waals surface area contributed by atoms with Crippen molar-refractivity contribution in [2.24, 2.45) is 0 Å². The Bertz CT molecular complexity index is 318. The molecule has 0 amide bonds. The molecule has 0 spiro atoms. The van der Waals surface area contributed by atoms with Crippen LogP contribution in [0.3, 0.4) is 0 Å². The van der Waals surface area contributed by atoms with Gasteiger partial charge in [-0.15, -0.1) is 5.10 Å². The number of rotatable bonds is 0. The summed E-state index contributed by atoms with van der Waals surface area (Å²) < 4.78 is 1.82. The van der Waals surface area contributed by atoms with Crippen LogP contribution in [0.2, 0.25) is 0 Å². The van der Waals surface area contributed by atoms with Crippen LogP contribution >= 0.6 is 0 Å². The van der Waals surface area contributed by atoms with Crippen molar-refractivity contribution in [2.75, 3.05) is 5.73 Å². The van der Waals surface area contributed by atoms with Crippen molar-refractivity contribution in [1.82, 2.24) is 14.6 Å². The molecule has 2 N–H and O–H groups in total. The zero-order chi connectivity index (χ0) is 6.97. The maximum absolute atomic E-state index is 5.50. The number of anilines is 1. The summed E-state index contributed by atoms with van der Waals surface area (Å²) in [5.74, 6) is 0. The van der Waals surface area contributed by atoms with Crippen LogP contribution in [0.1, 0.15) is 0 Å². The summed E-state index contributed by atoms with van der Waals surface area (Å²) in [6.07, 6.45) is 5.22. The van der Waals surface area contributed by atoms with Gasteiger partial charge in [0.1, 0.15) is 0 Å². The maximum Gasteiger partial charge on any atom is 0.161 e. The fourth-order valence-corrected chi connectivity index (χ4v) is 0.882. The summed E-state index contributed by atoms with van der Waals surface area (Å²) in [7, 11) is 0. The Hall–Kier alpha value is -1.58. The first-order valence-electron chi connectivity index (χ1n) is 2.91. The molecule has 0 atom stereocenters. The van der Waals surface area contributed by atoms with E-state index in [-0.39, 0.29) is 0 Å². The van der Waals surface area contributed by atoms with Crippen LogP contribution in [0.4, 0.5) is 5.69 Å². The molecule has 0 aliphatic carbocycles. The van der Waals surface area contributed by atoms with Crippen LogP contribution in [0.25, 0.3) is 5.65 Å². The highest BCUT2D eigenvalue weighted by molar-refractivity contribution is 5.52. The first-order valence-corrected chi connectivity index (χ1v) is 2.91. The zero-order valence-corrected chi connectivity index (χ0v) is 5.23. The summed E-state index contributed by atoms with van der Waals surface area (Å²) >= 11 is 0. The second kappa shape index (κ2) is 1.70. The molecule has 10 heavy (non-hydrogen) atoms. The Morgan fingerprint density at radius 1 is 1.50 bits per heavy atom. The highest BCUT2D eigenvalue weighted by atomic mass is 15.2. The van der Waals surface area contributed by atoms with Crippen molar-refractivity contribution in [1.29, 1.82) is 0 Å². The summed E-state index contributed by atoms with van der Waals surface area (Å²) in [5, 5.41) is 7.53. The minimum Gasteiger partial charge on any atom is -0.397 e. The van der Waals surface area contributed by atoms with Gasteiger partial charge in [-0.1, -0.05) is 0 Å². The minimum atomic E-state index is 0.709. The normalized spacial score (nSPS) is 10.4. The Morgan fingerprint density at radius 3 is 3.20 bits per heavy atom. The van der Waals surface area contributed by atoms with Crippen molar-refractivity contribution < 1.29 is 0 Å². The predicted molar refractivity (Wildman–Crippen MR) is 37.4 cm³/mol. The van der Waals surface area contributed by atoms with E-state index in [0.717, 1.165) is 5.65 Å². The van der Waals surface area contributed by atoms with Gasteiger partial charge in [0.15, 0.2) is 5.65 Å². The number of nitrogens with zero attached hydrogens (tertiary/aromatic N) is 3. The Labute approximate surface area is 57.3 Å². The predicted octanol–water partition coefficient (Wildman–Crippen LogP) is 0.312. The molecule has 2 aromatic rings. The van der Waals surface area contributed by atoms with Crippen LogP contribution in [0.15, 0.2) is 24.7 Å². The van der Waals surface area contributed by atoms with Gasteiger partial charge in [0.2, 0.25) is 0 Å². The number of nitrogens with two attached hydrogens (primary N) is 1. The molecule has 0 saturated carbocycles. The van der Waals surface area contributed by atoms with E-state index in [1.165, 1.54) is 0 Å². The van der Waals surface area contributed by atoms with E-state index in [2.05, 4.69) is 10.2 Å². The average Bonchev–Trinajstić information content (AvgIpc) is 2.27. The van der Waals surface area contributed by atoms with E-state index in [9.17, 15) is 0 Å². The zero-order valence-electron chi connectivity index (χ0n) is 5.23. The fourth-order valence-electron chi connectivity index (χ4n) is 0.882. The molecule has 0 bridgehead atoms. The minimum absolute atomic E-state index is 0.709. The lowest BCUT2D eigenvalue weighted by Crippen LogP contribution is -1.85. The molecule has 2 heterocycles. The molecule has 0 fully saturated rings. The molecular formula is C6H6N4. The van der Waals surface area contributed by atoms with Crippen LogP contribution in [0, 0.1) is 0 Å². The number of hydrogen-bond donors (Lipinski definition) is 1. The lowest BCUT2D eigenvalue weighted by atomic mass is 10.5. The largest absolute Gasteiger partial charge is 0.397 e. The molecule has 4 heteroatoms. The van der Waals surface area contributed by atoms with E-state index in [0.29, 0.717) is 5.69 Å². The van der Waals surface area contributed by atoms with Crippen molar-refractivity contribution in [3.05, 3.63) is 24.7 Å². The highest BCUT2D eigenvalue weighted by Crippen LogP contribution is 2.06. The second-order valence-electron chi connectivity index (χ2n) is 2.05. The lowest BCUT2D eigenvalue weighted by molar-refractivity contribution is 0.983. The summed E-state index contributed by atoms with van der Waals surface area (Å²) in [6.45, 7) is 0. The van der Waals surface area contributed by atoms with Crippen LogP contribution in [-0.2, 0) is 0 Å². The molecule has 0 radical (unpaired) electrons. The van der Waals surface area contributed by atoms with Gasteiger partial charge in [-0.05, 0) is 0 Å². The molecule has 2 aromatic heterocycles. The lowest BCUT2D eigenvalue weighted by Gasteiger charge is -1.86. The molecule has 4 nitrogen and oxygen atoms in total. The molecule has 2 rings (SSSR count). The van der Waals surface area contributed by atoms with Crippen LogP contribution in [0.5, 0.6) is 0 Å². The van der Waals surface area contributed by atoms with E-state index in [1.807, 2.05) is 4.40 Å².